The van der Waals surface area contributed by atoms with E-state index in [4.69, 9.17) is 26.9 Å². The molecule has 0 bridgehead atoms. The van der Waals surface area contributed by atoms with Gasteiger partial charge in [-0.05, 0) is 24.6 Å². The summed E-state index contributed by atoms with van der Waals surface area (Å²) in [5, 5.41) is 4.80. The molecular weight excluding hydrogens is 310 g/mol. The van der Waals surface area contributed by atoms with Crippen LogP contribution in [0.3, 0.4) is 0 Å². The monoisotopic (exact) mass is 323 g/mol. The van der Waals surface area contributed by atoms with Crippen molar-refractivity contribution in [1.82, 2.24) is 5.16 Å². The van der Waals surface area contributed by atoms with Crippen LogP contribution in [-0.4, -0.2) is 10.9 Å². The Labute approximate surface area is 138 Å². The Kier molecular flexibility index (Phi) is 3.29. The van der Waals surface area contributed by atoms with Gasteiger partial charge in [0.15, 0.2) is 0 Å². The maximum atomic E-state index is 6.26. The van der Waals surface area contributed by atoms with Crippen LogP contribution >= 0.6 is 11.6 Å². The van der Waals surface area contributed by atoms with Gasteiger partial charge < -0.3 is 10.3 Å². The Morgan fingerprint density at radius 3 is 2.48 bits per heavy atom. The summed E-state index contributed by atoms with van der Waals surface area (Å²) in [6, 6.07) is 15.7. The van der Waals surface area contributed by atoms with Crippen LogP contribution in [0, 0.1) is 6.92 Å². The summed E-state index contributed by atoms with van der Waals surface area (Å²) >= 11 is 6.00. The first-order chi connectivity index (χ1) is 11.1. The van der Waals surface area contributed by atoms with Crippen LogP contribution < -0.4 is 5.73 Å². The molecule has 1 atom stereocenters. The number of benzene rings is 2. The van der Waals surface area contributed by atoms with Crippen LogP contribution in [0.25, 0.3) is 11.1 Å². The largest absolute Gasteiger partial charge is 0.361 e. The molecule has 2 aromatic carbocycles. The molecule has 23 heavy (non-hydrogen) atoms. The lowest BCUT2D eigenvalue weighted by molar-refractivity contribution is 0.386. The maximum Gasteiger partial charge on any atom is 0.145 e. The minimum Gasteiger partial charge on any atom is -0.361 e. The molecule has 0 radical (unpaired) electrons. The highest BCUT2D eigenvalue weighted by Crippen LogP contribution is 2.37. The first kappa shape index (κ1) is 14.2. The Morgan fingerprint density at radius 2 is 1.74 bits per heavy atom. The zero-order chi connectivity index (χ0) is 16.0. The number of fused-ring (bicyclic) bond motifs is 3. The van der Waals surface area contributed by atoms with E-state index in [2.05, 4.69) is 5.16 Å². The van der Waals surface area contributed by atoms with E-state index in [1.807, 2.05) is 55.5 Å². The van der Waals surface area contributed by atoms with Gasteiger partial charge in [0, 0.05) is 16.1 Å². The van der Waals surface area contributed by atoms with Crippen LogP contribution in [0.4, 0.5) is 0 Å². The lowest BCUT2D eigenvalue weighted by Gasteiger charge is -2.10. The zero-order valence-corrected chi connectivity index (χ0v) is 13.2. The third-order valence-corrected chi connectivity index (χ3v) is 4.26. The van der Waals surface area contributed by atoms with E-state index in [1.165, 1.54) is 0 Å². The summed E-state index contributed by atoms with van der Waals surface area (Å²) < 4.78 is 5.34. The molecule has 1 aliphatic rings. The number of halogens is 1. The van der Waals surface area contributed by atoms with Crippen molar-refractivity contribution < 1.29 is 4.52 Å². The second kappa shape index (κ2) is 5.33. The molecular formula is C18H14ClN3O. The molecule has 4 nitrogen and oxygen atoms in total. The molecule has 0 amide bonds. The van der Waals surface area contributed by atoms with Gasteiger partial charge in [-0.25, -0.2) is 0 Å². The van der Waals surface area contributed by atoms with Gasteiger partial charge in [-0.1, -0.05) is 53.2 Å². The SMILES string of the molecule is Cc1onc2c1-c1ccccc1C(c1ccc(Cl)cc1)=NC2N. The quantitative estimate of drug-likeness (QED) is 0.733. The van der Waals surface area contributed by atoms with E-state index in [-0.39, 0.29) is 0 Å². The highest BCUT2D eigenvalue weighted by Gasteiger charge is 2.27. The van der Waals surface area contributed by atoms with E-state index in [9.17, 15) is 0 Å². The fraction of sp³-hybridized carbons (Fsp3) is 0.111. The molecule has 2 N–H and O–H groups in total. The molecule has 0 saturated carbocycles. The van der Waals surface area contributed by atoms with Crippen molar-refractivity contribution in [3.63, 3.8) is 0 Å². The fourth-order valence-corrected chi connectivity index (χ4v) is 3.06. The summed E-state index contributed by atoms with van der Waals surface area (Å²) in [4.78, 5) is 4.70. The predicted octanol–water partition coefficient (Wildman–Crippen LogP) is 4.11. The minimum absolute atomic E-state index is 0.569. The third kappa shape index (κ3) is 2.27. The molecule has 0 saturated heterocycles. The molecule has 5 heteroatoms. The van der Waals surface area contributed by atoms with Crippen LogP contribution in [0.15, 0.2) is 58.0 Å². The van der Waals surface area contributed by atoms with Crippen molar-refractivity contribution in [2.75, 3.05) is 0 Å². The van der Waals surface area contributed by atoms with E-state index >= 15 is 0 Å². The van der Waals surface area contributed by atoms with Crippen molar-refractivity contribution in [3.05, 3.63) is 76.1 Å². The van der Waals surface area contributed by atoms with Gasteiger partial charge in [0.25, 0.3) is 0 Å². The van der Waals surface area contributed by atoms with Gasteiger partial charge in [0.1, 0.15) is 17.6 Å². The Balaban J connectivity index is 2.00. The number of aromatic nitrogens is 1. The molecule has 1 unspecified atom stereocenters. The number of rotatable bonds is 1. The zero-order valence-electron chi connectivity index (χ0n) is 12.5. The highest BCUT2D eigenvalue weighted by molar-refractivity contribution is 6.30. The fourth-order valence-electron chi connectivity index (χ4n) is 2.93. The Hall–Kier alpha value is -2.43. The van der Waals surface area contributed by atoms with Crippen molar-refractivity contribution >= 4 is 17.3 Å². The van der Waals surface area contributed by atoms with Crippen molar-refractivity contribution in [2.24, 2.45) is 10.7 Å². The van der Waals surface area contributed by atoms with Gasteiger partial charge in [-0.15, -0.1) is 0 Å². The normalized spacial score (nSPS) is 16.3. The van der Waals surface area contributed by atoms with Gasteiger partial charge in [-0.2, -0.15) is 0 Å². The highest BCUT2D eigenvalue weighted by atomic mass is 35.5. The van der Waals surface area contributed by atoms with E-state index in [0.717, 1.165) is 33.7 Å². The van der Waals surface area contributed by atoms with Crippen LogP contribution in [0.2, 0.25) is 5.02 Å². The second-order valence-corrected chi connectivity index (χ2v) is 5.91. The molecule has 0 aliphatic carbocycles. The van der Waals surface area contributed by atoms with Crippen LogP contribution in [-0.2, 0) is 0 Å². The molecule has 0 spiro atoms. The summed E-state index contributed by atoms with van der Waals surface area (Å²) in [6.45, 7) is 1.89. The molecule has 114 valence electrons. The smallest absolute Gasteiger partial charge is 0.145 e. The van der Waals surface area contributed by atoms with Gasteiger partial charge in [-0.3, -0.25) is 4.99 Å². The second-order valence-electron chi connectivity index (χ2n) is 5.47. The van der Waals surface area contributed by atoms with Crippen molar-refractivity contribution in [1.29, 1.82) is 0 Å². The lowest BCUT2D eigenvalue weighted by Crippen LogP contribution is -2.11. The van der Waals surface area contributed by atoms with Gasteiger partial charge in [0.05, 0.1) is 11.3 Å². The third-order valence-electron chi connectivity index (χ3n) is 4.01. The first-order valence-electron chi connectivity index (χ1n) is 7.30. The maximum absolute atomic E-state index is 6.26. The Bertz CT molecular complexity index is 912. The van der Waals surface area contributed by atoms with Crippen LogP contribution in [0.1, 0.15) is 28.7 Å². The predicted molar refractivity (Wildman–Crippen MR) is 90.7 cm³/mol. The number of aryl methyl sites for hydroxylation is 1. The first-order valence-corrected chi connectivity index (χ1v) is 7.68. The average Bonchev–Trinajstić information content (AvgIpc) is 2.89. The summed E-state index contributed by atoms with van der Waals surface area (Å²) in [7, 11) is 0. The minimum atomic E-state index is -0.569. The number of aliphatic imine (C=N–C) groups is 1. The van der Waals surface area contributed by atoms with Crippen LogP contribution in [0.5, 0.6) is 0 Å². The lowest BCUT2D eigenvalue weighted by atomic mass is 9.93. The van der Waals surface area contributed by atoms with Gasteiger partial charge >= 0.3 is 0 Å². The molecule has 2 heterocycles. The molecule has 1 aliphatic heterocycles. The number of nitrogens with zero attached hydrogens (tertiary/aromatic N) is 2. The Morgan fingerprint density at radius 1 is 1.04 bits per heavy atom. The topological polar surface area (TPSA) is 64.4 Å². The molecule has 0 fully saturated rings. The average molecular weight is 324 g/mol. The molecule has 1 aromatic heterocycles. The van der Waals surface area contributed by atoms with E-state index in [1.54, 1.807) is 0 Å². The molecule has 3 aromatic rings. The standard InChI is InChI=1S/C18H14ClN3O/c1-10-15-13-4-2-3-5-14(13)16(11-6-8-12(19)9-7-11)21-18(20)17(15)22-23-10/h2-9,18H,20H2,1H3. The number of nitrogens with two attached hydrogens (primary N) is 1. The van der Waals surface area contributed by atoms with Gasteiger partial charge in [0.2, 0.25) is 0 Å². The summed E-state index contributed by atoms with van der Waals surface area (Å²) in [6.07, 6.45) is -0.569. The summed E-state index contributed by atoms with van der Waals surface area (Å²) in [5.74, 6) is 0.746. The van der Waals surface area contributed by atoms with Crippen molar-refractivity contribution in [2.45, 2.75) is 13.1 Å². The van der Waals surface area contributed by atoms with Crippen molar-refractivity contribution in [3.8, 4) is 11.1 Å². The van der Waals surface area contributed by atoms with E-state index in [0.29, 0.717) is 10.7 Å². The van der Waals surface area contributed by atoms with E-state index < -0.39 is 6.17 Å². The number of hydrogen-bond acceptors (Lipinski definition) is 4. The number of hydrogen-bond donors (Lipinski definition) is 1. The molecule has 4 rings (SSSR count). The summed E-state index contributed by atoms with van der Waals surface area (Å²) in [5.41, 5.74) is 11.7.